The molecule has 18 heavy (non-hydrogen) atoms. The fraction of sp³-hybridized carbons (Fsp3) is 0.417. The normalized spacial score (nSPS) is 11.9. The van der Waals surface area contributed by atoms with Gasteiger partial charge in [0.2, 0.25) is 0 Å². The van der Waals surface area contributed by atoms with Gasteiger partial charge in [-0.15, -0.1) is 0 Å². The molecule has 1 atom stereocenters. The summed E-state index contributed by atoms with van der Waals surface area (Å²) in [6, 6.07) is 6.37. The van der Waals surface area contributed by atoms with E-state index in [1.165, 1.54) is 13.2 Å². The Hall–Kier alpha value is -1.79. The van der Waals surface area contributed by atoms with Gasteiger partial charge in [-0.2, -0.15) is 0 Å². The molecular formula is C12H17NO5. The van der Waals surface area contributed by atoms with Crippen LogP contribution in [0.5, 0.6) is 11.5 Å². The van der Waals surface area contributed by atoms with Crippen molar-refractivity contribution in [1.29, 1.82) is 0 Å². The number of phenols is 1. The molecule has 0 bridgehead atoms. The second-order valence-corrected chi connectivity index (χ2v) is 3.67. The van der Waals surface area contributed by atoms with E-state index in [-0.39, 0.29) is 37.2 Å². The minimum atomic E-state index is -0.746. The summed E-state index contributed by atoms with van der Waals surface area (Å²) in [5.41, 5.74) is 0. The van der Waals surface area contributed by atoms with E-state index in [0.29, 0.717) is 0 Å². The number of nitrogens with one attached hydrogen (secondary N) is 1. The Bertz CT molecular complexity index is 382. The minimum Gasteiger partial charge on any atom is -0.504 e. The second-order valence-electron chi connectivity index (χ2n) is 3.67. The molecular weight excluding hydrogens is 238 g/mol. The topological polar surface area (TPSA) is 88.0 Å². The number of para-hydroxylation sites is 2. The number of hydrogen-bond donors (Lipinski definition) is 3. The summed E-state index contributed by atoms with van der Waals surface area (Å²) in [4.78, 5) is 11.4. The molecule has 6 heteroatoms. The quantitative estimate of drug-likeness (QED) is 0.633. The van der Waals surface area contributed by atoms with Crippen LogP contribution in [0.2, 0.25) is 0 Å². The SMILES string of the molecule is COCC(O)CNC(=O)COc1ccccc1O. The molecule has 0 aliphatic carbocycles. The molecule has 1 rings (SSSR count). The van der Waals surface area contributed by atoms with E-state index in [9.17, 15) is 15.0 Å². The highest BCUT2D eigenvalue weighted by molar-refractivity contribution is 5.77. The molecule has 0 heterocycles. The van der Waals surface area contributed by atoms with Crippen LogP contribution < -0.4 is 10.1 Å². The first-order valence-electron chi connectivity index (χ1n) is 5.48. The number of carbonyl (C=O) groups is 1. The maximum absolute atomic E-state index is 11.4. The predicted octanol–water partition coefficient (Wildman–Crippen LogP) is -0.106. The molecule has 100 valence electrons. The summed E-state index contributed by atoms with van der Waals surface area (Å²) in [5.74, 6) is -0.164. The van der Waals surface area contributed by atoms with E-state index in [1.54, 1.807) is 18.2 Å². The van der Waals surface area contributed by atoms with E-state index >= 15 is 0 Å². The number of carbonyl (C=O) groups excluding carboxylic acids is 1. The van der Waals surface area contributed by atoms with E-state index in [0.717, 1.165) is 0 Å². The van der Waals surface area contributed by atoms with Crippen LogP contribution in [0.3, 0.4) is 0 Å². The lowest BCUT2D eigenvalue weighted by Crippen LogP contribution is -2.36. The van der Waals surface area contributed by atoms with Crippen molar-refractivity contribution in [1.82, 2.24) is 5.32 Å². The molecule has 1 aromatic carbocycles. The van der Waals surface area contributed by atoms with Crippen LogP contribution >= 0.6 is 0 Å². The summed E-state index contributed by atoms with van der Waals surface area (Å²) < 4.78 is 9.83. The molecule has 0 radical (unpaired) electrons. The molecule has 1 amide bonds. The fourth-order valence-electron chi connectivity index (χ4n) is 1.26. The van der Waals surface area contributed by atoms with Gasteiger partial charge in [-0.3, -0.25) is 4.79 Å². The number of aliphatic hydroxyl groups excluding tert-OH is 1. The smallest absolute Gasteiger partial charge is 0.258 e. The summed E-state index contributed by atoms with van der Waals surface area (Å²) in [5, 5.41) is 21.2. The predicted molar refractivity (Wildman–Crippen MR) is 64.5 cm³/mol. The average Bonchev–Trinajstić information content (AvgIpc) is 2.36. The summed E-state index contributed by atoms with van der Waals surface area (Å²) in [7, 11) is 1.46. The lowest BCUT2D eigenvalue weighted by atomic mass is 10.3. The van der Waals surface area contributed by atoms with Gasteiger partial charge in [0.25, 0.3) is 5.91 Å². The highest BCUT2D eigenvalue weighted by Crippen LogP contribution is 2.23. The number of amides is 1. The van der Waals surface area contributed by atoms with Gasteiger partial charge in [-0.05, 0) is 12.1 Å². The second kappa shape index (κ2) is 7.52. The van der Waals surface area contributed by atoms with E-state index in [2.05, 4.69) is 5.32 Å². The van der Waals surface area contributed by atoms with Crippen LogP contribution in [0, 0.1) is 0 Å². The molecule has 6 nitrogen and oxygen atoms in total. The Kier molecular flexibility index (Phi) is 5.96. The number of methoxy groups -OCH3 is 1. The van der Waals surface area contributed by atoms with Crippen LogP contribution in [0.25, 0.3) is 0 Å². The summed E-state index contributed by atoms with van der Waals surface area (Å²) >= 11 is 0. The van der Waals surface area contributed by atoms with Gasteiger partial charge in [0.15, 0.2) is 18.1 Å². The third-order valence-electron chi connectivity index (χ3n) is 2.12. The van der Waals surface area contributed by atoms with Gasteiger partial charge in [0.05, 0.1) is 12.7 Å². The van der Waals surface area contributed by atoms with Crippen molar-refractivity contribution in [2.24, 2.45) is 0 Å². The zero-order chi connectivity index (χ0) is 13.4. The molecule has 1 aromatic rings. The van der Waals surface area contributed by atoms with Crippen molar-refractivity contribution in [3.05, 3.63) is 24.3 Å². The van der Waals surface area contributed by atoms with Gasteiger partial charge in [0.1, 0.15) is 0 Å². The van der Waals surface area contributed by atoms with Crippen LogP contribution in [0.1, 0.15) is 0 Å². The molecule has 0 spiro atoms. The molecule has 3 N–H and O–H groups in total. The van der Waals surface area contributed by atoms with Gasteiger partial charge in [-0.25, -0.2) is 0 Å². The van der Waals surface area contributed by atoms with Crippen molar-refractivity contribution < 1.29 is 24.5 Å². The Balaban J connectivity index is 2.27. The molecule has 0 saturated carbocycles. The first-order valence-corrected chi connectivity index (χ1v) is 5.48. The number of rotatable bonds is 7. The Morgan fingerprint density at radius 2 is 2.17 bits per heavy atom. The Labute approximate surface area is 105 Å². The first-order chi connectivity index (χ1) is 8.63. The molecule has 0 aliphatic heterocycles. The maximum atomic E-state index is 11.4. The van der Waals surface area contributed by atoms with Gasteiger partial charge >= 0.3 is 0 Å². The maximum Gasteiger partial charge on any atom is 0.258 e. The van der Waals surface area contributed by atoms with Crippen molar-refractivity contribution in [3.63, 3.8) is 0 Å². The Morgan fingerprint density at radius 1 is 1.44 bits per heavy atom. The zero-order valence-electron chi connectivity index (χ0n) is 10.1. The average molecular weight is 255 g/mol. The molecule has 1 unspecified atom stereocenters. The molecule has 0 fully saturated rings. The summed E-state index contributed by atoms with van der Waals surface area (Å²) in [6.07, 6.45) is -0.746. The third kappa shape index (κ3) is 5.03. The number of phenolic OH excluding ortho intramolecular Hbond substituents is 1. The number of benzene rings is 1. The molecule has 0 saturated heterocycles. The number of aliphatic hydroxyl groups is 1. The van der Waals surface area contributed by atoms with Crippen LogP contribution in [0.4, 0.5) is 0 Å². The number of hydrogen-bond acceptors (Lipinski definition) is 5. The van der Waals surface area contributed by atoms with Crippen LogP contribution in [0.15, 0.2) is 24.3 Å². The van der Waals surface area contributed by atoms with Crippen molar-refractivity contribution >= 4 is 5.91 Å². The fourth-order valence-corrected chi connectivity index (χ4v) is 1.26. The van der Waals surface area contributed by atoms with Gasteiger partial charge < -0.3 is 25.0 Å². The zero-order valence-corrected chi connectivity index (χ0v) is 10.1. The largest absolute Gasteiger partial charge is 0.504 e. The number of ether oxygens (including phenoxy) is 2. The monoisotopic (exact) mass is 255 g/mol. The van der Waals surface area contributed by atoms with Crippen molar-refractivity contribution in [3.8, 4) is 11.5 Å². The highest BCUT2D eigenvalue weighted by atomic mass is 16.5. The Morgan fingerprint density at radius 3 is 2.83 bits per heavy atom. The molecule has 0 aromatic heterocycles. The lowest BCUT2D eigenvalue weighted by molar-refractivity contribution is -0.123. The minimum absolute atomic E-state index is 0.0234. The van der Waals surface area contributed by atoms with Gasteiger partial charge in [0, 0.05) is 13.7 Å². The standard InChI is InChI=1S/C12H17NO5/c1-17-7-9(14)6-13-12(16)8-18-11-5-3-2-4-10(11)15/h2-5,9,14-15H,6-8H2,1H3,(H,13,16). The molecule has 0 aliphatic rings. The highest BCUT2D eigenvalue weighted by Gasteiger charge is 2.08. The van der Waals surface area contributed by atoms with E-state index in [4.69, 9.17) is 9.47 Å². The third-order valence-corrected chi connectivity index (χ3v) is 2.12. The number of aromatic hydroxyl groups is 1. The summed E-state index contributed by atoms with van der Waals surface area (Å²) in [6.45, 7) is 0.0225. The van der Waals surface area contributed by atoms with E-state index in [1.807, 2.05) is 0 Å². The van der Waals surface area contributed by atoms with E-state index < -0.39 is 6.10 Å². The first kappa shape index (κ1) is 14.3. The van der Waals surface area contributed by atoms with Gasteiger partial charge in [-0.1, -0.05) is 12.1 Å². The van der Waals surface area contributed by atoms with Crippen molar-refractivity contribution in [2.45, 2.75) is 6.10 Å². The van der Waals surface area contributed by atoms with Crippen LogP contribution in [-0.4, -0.2) is 49.1 Å². The lowest BCUT2D eigenvalue weighted by Gasteiger charge is -2.11. The van der Waals surface area contributed by atoms with Crippen molar-refractivity contribution in [2.75, 3.05) is 26.9 Å². The van der Waals surface area contributed by atoms with Crippen LogP contribution in [-0.2, 0) is 9.53 Å².